The van der Waals surface area contributed by atoms with Crippen molar-refractivity contribution in [2.75, 3.05) is 19.7 Å². The van der Waals surface area contributed by atoms with E-state index in [1.165, 1.54) is 6.07 Å². The van der Waals surface area contributed by atoms with Crippen LogP contribution < -0.4 is 5.32 Å². The number of aromatic hydroxyl groups is 1. The zero-order valence-electron chi connectivity index (χ0n) is 16.8. The molecule has 8 heteroatoms. The van der Waals surface area contributed by atoms with Crippen molar-refractivity contribution in [1.29, 1.82) is 0 Å². The van der Waals surface area contributed by atoms with Gasteiger partial charge in [-0.1, -0.05) is 11.6 Å². The number of hydrogen-bond acceptors (Lipinski definition) is 6. The van der Waals surface area contributed by atoms with Crippen molar-refractivity contribution < 1.29 is 24.2 Å². The van der Waals surface area contributed by atoms with Gasteiger partial charge in [0.25, 0.3) is 0 Å². The Hall–Kier alpha value is -1.99. The van der Waals surface area contributed by atoms with Gasteiger partial charge in [0, 0.05) is 29.7 Å². The average molecular weight is 413 g/mol. The molecule has 0 aromatic heterocycles. The number of piperidine rings is 1. The second-order valence-electron chi connectivity index (χ2n) is 7.80. The Balaban J connectivity index is 2.05. The fourth-order valence-corrected chi connectivity index (χ4v) is 3.24. The number of nitrogens with zero attached hydrogens (tertiary/aromatic N) is 1. The van der Waals surface area contributed by atoms with Crippen LogP contribution in [0.3, 0.4) is 0 Å². The molecule has 1 aliphatic rings. The number of hydrogen-bond donors (Lipinski definition) is 2. The summed E-state index contributed by atoms with van der Waals surface area (Å²) < 4.78 is 10.6. The van der Waals surface area contributed by atoms with E-state index in [2.05, 4.69) is 5.32 Å². The summed E-state index contributed by atoms with van der Waals surface area (Å²) in [6, 6.07) is 3.71. The van der Waals surface area contributed by atoms with E-state index in [-0.39, 0.29) is 24.5 Å². The minimum atomic E-state index is -0.836. The van der Waals surface area contributed by atoms with Crippen LogP contribution in [0.2, 0.25) is 5.02 Å². The summed E-state index contributed by atoms with van der Waals surface area (Å²) in [5.41, 5.74) is -0.161. The first-order chi connectivity index (χ1) is 13.1. The van der Waals surface area contributed by atoms with Crippen LogP contribution in [0, 0.1) is 0 Å². The molecular formula is C20H29ClN2O5. The van der Waals surface area contributed by atoms with Crippen molar-refractivity contribution in [3.8, 4) is 5.75 Å². The second kappa shape index (κ2) is 9.47. The van der Waals surface area contributed by atoms with Crippen molar-refractivity contribution in [2.24, 2.45) is 0 Å². The number of carbonyl (C=O) groups is 2. The molecule has 0 bridgehead atoms. The number of amides is 1. The summed E-state index contributed by atoms with van der Waals surface area (Å²) >= 11 is 6.04. The lowest BCUT2D eigenvalue weighted by atomic mass is 10.00. The number of rotatable bonds is 5. The minimum Gasteiger partial charge on any atom is -0.508 e. The van der Waals surface area contributed by atoms with Crippen LogP contribution in [0.25, 0.3) is 0 Å². The standard InChI is InChI=1S/C20H29ClN2O5/c1-5-27-18(25)17(15-12-13(21)6-7-16(15)24)22-14-8-10-23(11-9-14)19(26)28-20(2,3)4/h6-7,12,14,17,22,24H,5,8-11H2,1-4H3. The van der Waals surface area contributed by atoms with Crippen LogP contribution in [0.15, 0.2) is 18.2 Å². The molecule has 2 rings (SSSR count). The van der Waals surface area contributed by atoms with Crippen molar-refractivity contribution in [1.82, 2.24) is 10.2 Å². The summed E-state index contributed by atoms with van der Waals surface area (Å²) in [5, 5.41) is 13.9. The lowest BCUT2D eigenvalue weighted by molar-refractivity contribution is -0.146. The summed E-state index contributed by atoms with van der Waals surface area (Å²) in [5.74, 6) is -0.504. The van der Waals surface area contributed by atoms with Crippen LogP contribution in [0.4, 0.5) is 4.79 Å². The minimum absolute atomic E-state index is 0.0218. The Morgan fingerprint density at radius 2 is 1.96 bits per heavy atom. The van der Waals surface area contributed by atoms with Gasteiger partial charge < -0.3 is 19.5 Å². The van der Waals surface area contributed by atoms with Gasteiger partial charge in [-0.25, -0.2) is 9.59 Å². The highest BCUT2D eigenvalue weighted by Gasteiger charge is 2.31. The summed E-state index contributed by atoms with van der Waals surface area (Å²) in [6.45, 7) is 8.50. The third-order valence-electron chi connectivity index (χ3n) is 4.37. The molecule has 0 aliphatic carbocycles. The van der Waals surface area contributed by atoms with E-state index in [9.17, 15) is 14.7 Å². The molecule has 1 atom stereocenters. The Bertz CT molecular complexity index is 696. The molecule has 7 nitrogen and oxygen atoms in total. The van der Waals surface area contributed by atoms with Crippen molar-refractivity contribution in [2.45, 2.75) is 58.2 Å². The van der Waals surface area contributed by atoms with Gasteiger partial charge in [-0.15, -0.1) is 0 Å². The maximum atomic E-state index is 12.5. The molecule has 1 aliphatic heterocycles. The highest BCUT2D eigenvalue weighted by molar-refractivity contribution is 6.30. The lowest BCUT2D eigenvalue weighted by Gasteiger charge is -2.35. The Morgan fingerprint density at radius 3 is 2.54 bits per heavy atom. The molecule has 0 saturated carbocycles. The van der Waals surface area contributed by atoms with Gasteiger partial charge in [-0.05, 0) is 58.7 Å². The number of likely N-dealkylation sites (tertiary alicyclic amines) is 1. The van der Waals surface area contributed by atoms with E-state index in [0.29, 0.717) is 36.5 Å². The van der Waals surface area contributed by atoms with Crippen LogP contribution >= 0.6 is 11.6 Å². The number of phenolic OH excluding ortho intramolecular Hbond substituents is 1. The largest absolute Gasteiger partial charge is 0.508 e. The molecule has 1 aromatic carbocycles. The molecule has 1 saturated heterocycles. The number of phenols is 1. The third kappa shape index (κ3) is 6.27. The number of esters is 1. The van der Waals surface area contributed by atoms with Crippen molar-refractivity contribution >= 4 is 23.7 Å². The van der Waals surface area contributed by atoms with Gasteiger partial charge in [0.2, 0.25) is 0 Å². The average Bonchev–Trinajstić information content (AvgIpc) is 2.61. The normalized spacial score (nSPS) is 16.5. The Kier molecular flexibility index (Phi) is 7.55. The Morgan fingerprint density at radius 1 is 1.32 bits per heavy atom. The number of ether oxygens (including phenoxy) is 2. The summed E-state index contributed by atoms with van der Waals surface area (Å²) in [6.07, 6.45) is 0.966. The molecule has 0 spiro atoms. The fraction of sp³-hybridized carbons (Fsp3) is 0.600. The first-order valence-electron chi connectivity index (χ1n) is 9.49. The van der Waals surface area contributed by atoms with Crippen molar-refractivity contribution in [3.05, 3.63) is 28.8 Å². The topological polar surface area (TPSA) is 88.1 Å². The molecule has 1 unspecified atom stereocenters. The highest BCUT2D eigenvalue weighted by Crippen LogP contribution is 2.29. The SMILES string of the molecule is CCOC(=O)C(NC1CCN(C(=O)OC(C)(C)C)CC1)c1cc(Cl)ccc1O. The van der Waals surface area contributed by atoms with Crippen molar-refractivity contribution in [3.63, 3.8) is 0 Å². The zero-order chi connectivity index (χ0) is 20.9. The van der Waals surface area contributed by atoms with Gasteiger partial charge >= 0.3 is 12.1 Å². The number of carbonyl (C=O) groups excluding carboxylic acids is 2. The molecule has 1 fully saturated rings. The number of nitrogens with one attached hydrogen (secondary N) is 1. The molecule has 1 amide bonds. The van der Waals surface area contributed by atoms with E-state index >= 15 is 0 Å². The van der Waals surface area contributed by atoms with Crippen LogP contribution in [-0.2, 0) is 14.3 Å². The first kappa shape index (κ1) is 22.3. The molecular weight excluding hydrogens is 384 g/mol. The predicted octanol–water partition coefficient (Wildman–Crippen LogP) is 3.64. The van der Waals surface area contributed by atoms with Crippen LogP contribution in [0.1, 0.15) is 52.1 Å². The van der Waals surface area contributed by atoms with Gasteiger partial charge in [-0.3, -0.25) is 5.32 Å². The number of benzene rings is 1. The molecule has 1 heterocycles. The van der Waals surface area contributed by atoms with E-state index in [0.717, 1.165) is 0 Å². The second-order valence-corrected chi connectivity index (χ2v) is 8.23. The molecule has 156 valence electrons. The number of halogens is 1. The van der Waals surface area contributed by atoms with Gasteiger partial charge in [0.05, 0.1) is 6.61 Å². The van der Waals surface area contributed by atoms with E-state index < -0.39 is 17.6 Å². The monoisotopic (exact) mass is 412 g/mol. The van der Waals surface area contributed by atoms with Crippen LogP contribution in [0.5, 0.6) is 5.75 Å². The molecule has 0 radical (unpaired) electrons. The van der Waals surface area contributed by atoms with Crippen LogP contribution in [-0.4, -0.2) is 53.4 Å². The first-order valence-corrected chi connectivity index (χ1v) is 9.87. The maximum Gasteiger partial charge on any atom is 0.410 e. The summed E-state index contributed by atoms with van der Waals surface area (Å²) in [7, 11) is 0. The molecule has 28 heavy (non-hydrogen) atoms. The maximum absolute atomic E-state index is 12.5. The molecule has 1 aromatic rings. The fourth-order valence-electron chi connectivity index (χ4n) is 3.06. The summed E-state index contributed by atoms with van der Waals surface area (Å²) in [4.78, 5) is 26.4. The van der Waals surface area contributed by atoms with E-state index in [1.807, 2.05) is 20.8 Å². The molecule has 2 N–H and O–H groups in total. The van der Waals surface area contributed by atoms with Gasteiger partial charge in [-0.2, -0.15) is 0 Å². The smallest absolute Gasteiger partial charge is 0.410 e. The third-order valence-corrected chi connectivity index (χ3v) is 4.61. The van der Waals surface area contributed by atoms with Gasteiger partial charge in [0.1, 0.15) is 17.4 Å². The predicted molar refractivity (Wildman–Crippen MR) is 106 cm³/mol. The lowest BCUT2D eigenvalue weighted by Crippen LogP contribution is -2.48. The van der Waals surface area contributed by atoms with E-state index in [4.69, 9.17) is 21.1 Å². The quantitative estimate of drug-likeness (QED) is 0.718. The van der Waals surface area contributed by atoms with E-state index in [1.54, 1.807) is 24.0 Å². The van der Waals surface area contributed by atoms with Gasteiger partial charge in [0.15, 0.2) is 0 Å². The zero-order valence-corrected chi connectivity index (χ0v) is 17.6. The highest BCUT2D eigenvalue weighted by atomic mass is 35.5. The Labute approximate surface area is 170 Å².